The van der Waals surface area contributed by atoms with Crippen molar-refractivity contribution in [3.63, 3.8) is 0 Å². The molecule has 2 heterocycles. The van der Waals surface area contributed by atoms with Gasteiger partial charge in [0.15, 0.2) is 0 Å². The Balaban J connectivity index is 2.28. The van der Waals surface area contributed by atoms with E-state index in [4.69, 9.17) is 21.8 Å². The van der Waals surface area contributed by atoms with Gasteiger partial charge in [0.2, 0.25) is 0 Å². The third kappa shape index (κ3) is 2.69. The number of aromatic nitrogens is 2. The van der Waals surface area contributed by atoms with E-state index in [2.05, 4.69) is 18.9 Å². The highest BCUT2D eigenvalue weighted by Crippen LogP contribution is 2.27. The van der Waals surface area contributed by atoms with Crippen LogP contribution in [0.15, 0.2) is 16.7 Å². The van der Waals surface area contributed by atoms with E-state index in [1.165, 1.54) is 0 Å². The zero-order chi connectivity index (χ0) is 14.0. The highest BCUT2D eigenvalue weighted by Gasteiger charge is 2.20. The SMILES string of the molecule is CCc1nn(CC)c(CC(N)c2occc2C)c1Cl. The molecule has 0 aromatic carbocycles. The number of nitrogens with two attached hydrogens (primary N) is 1. The molecule has 5 heteroatoms. The molecule has 0 saturated heterocycles. The number of hydrogen-bond acceptors (Lipinski definition) is 3. The van der Waals surface area contributed by atoms with Crippen LogP contribution in [0.5, 0.6) is 0 Å². The van der Waals surface area contributed by atoms with Crippen LogP contribution in [-0.4, -0.2) is 9.78 Å². The van der Waals surface area contributed by atoms with Gasteiger partial charge in [0, 0.05) is 13.0 Å². The van der Waals surface area contributed by atoms with Gasteiger partial charge >= 0.3 is 0 Å². The molecule has 19 heavy (non-hydrogen) atoms. The van der Waals surface area contributed by atoms with Gasteiger partial charge < -0.3 is 10.2 Å². The molecule has 0 bridgehead atoms. The van der Waals surface area contributed by atoms with Crippen molar-refractivity contribution in [1.82, 2.24) is 9.78 Å². The van der Waals surface area contributed by atoms with Crippen molar-refractivity contribution in [1.29, 1.82) is 0 Å². The van der Waals surface area contributed by atoms with E-state index in [1.807, 2.05) is 17.7 Å². The maximum atomic E-state index is 6.38. The average Bonchev–Trinajstić information content (AvgIpc) is 2.95. The Morgan fingerprint density at radius 2 is 2.21 bits per heavy atom. The van der Waals surface area contributed by atoms with E-state index in [0.717, 1.165) is 40.7 Å². The van der Waals surface area contributed by atoms with Gasteiger partial charge in [-0.25, -0.2) is 0 Å². The van der Waals surface area contributed by atoms with Crippen molar-refractivity contribution in [2.75, 3.05) is 0 Å². The molecule has 0 radical (unpaired) electrons. The van der Waals surface area contributed by atoms with E-state index in [9.17, 15) is 0 Å². The number of furan rings is 1. The van der Waals surface area contributed by atoms with Crippen molar-refractivity contribution < 1.29 is 4.42 Å². The second-order valence-electron chi connectivity index (χ2n) is 4.66. The lowest BCUT2D eigenvalue weighted by atomic mass is 10.1. The predicted molar refractivity (Wildman–Crippen MR) is 76.4 cm³/mol. The van der Waals surface area contributed by atoms with Gasteiger partial charge in [-0.15, -0.1) is 0 Å². The van der Waals surface area contributed by atoms with Gasteiger partial charge in [-0.3, -0.25) is 4.68 Å². The summed E-state index contributed by atoms with van der Waals surface area (Å²) in [4.78, 5) is 0. The first kappa shape index (κ1) is 14.2. The Morgan fingerprint density at radius 1 is 1.47 bits per heavy atom. The van der Waals surface area contributed by atoms with Crippen LogP contribution in [0.1, 0.15) is 42.6 Å². The van der Waals surface area contributed by atoms with Crippen LogP contribution in [0, 0.1) is 6.92 Å². The van der Waals surface area contributed by atoms with Crippen LogP contribution < -0.4 is 5.73 Å². The topological polar surface area (TPSA) is 57.0 Å². The molecule has 1 atom stereocenters. The molecule has 0 amide bonds. The largest absolute Gasteiger partial charge is 0.467 e. The van der Waals surface area contributed by atoms with Crippen LogP contribution in [-0.2, 0) is 19.4 Å². The molecular weight excluding hydrogens is 262 g/mol. The standard InChI is InChI=1S/C14H20ClN3O/c1-4-11-13(15)12(18(5-2)17-11)8-10(16)14-9(3)6-7-19-14/h6-7,10H,4-5,8,16H2,1-3H3. The maximum absolute atomic E-state index is 6.38. The van der Waals surface area contributed by atoms with Gasteiger partial charge in [-0.1, -0.05) is 18.5 Å². The summed E-state index contributed by atoms with van der Waals surface area (Å²) in [7, 11) is 0. The summed E-state index contributed by atoms with van der Waals surface area (Å²) in [6.07, 6.45) is 3.13. The fourth-order valence-electron chi connectivity index (χ4n) is 2.28. The minimum Gasteiger partial charge on any atom is -0.467 e. The summed E-state index contributed by atoms with van der Waals surface area (Å²) in [5.74, 6) is 0.818. The van der Waals surface area contributed by atoms with E-state index < -0.39 is 0 Å². The molecule has 0 aliphatic rings. The van der Waals surface area contributed by atoms with Crippen molar-refractivity contribution in [2.45, 2.75) is 46.2 Å². The molecule has 0 saturated carbocycles. The van der Waals surface area contributed by atoms with Gasteiger partial charge in [0.25, 0.3) is 0 Å². The Morgan fingerprint density at radius 3 is 2.74 bits per heavy atom. The Labute approximate surface area is 118 Å². The maximum Gasteiger partial charge on any atom is 0.123 e. The van der Waals surface area contributed by atoms with Crippen LogP contribution in [0.4, 0.5) is 0 Å². The van der Waals surface area contributed by atoms with Gasteiger partial charge in [0.05, 0.1) is 28.7 Å². The van der Waals surface area contributed by atoms with Crippen LogP contribution in [0.2, 0.25) is 5.02 Å². The Hall–Kier alpha value is -1.26. The molecule has 2 rings (SSSR count). The quantitative estimate of drug-likeness (QED) is 0.915. The number of nitrogens with zero attached hydrogens (tertiary/aromatic N) is 2. The van der Waals surface area contributed by atoms with Gasteiger partial charge in [-0.2, -0.15) is 5.10 Å². The lowest BCUT2D eigenvalue weighted by Gasteiger charge is -2.11. The summed E-state index contributed by atoms with van der Waals surface area (Å²) in [6.45, 7) is 6.89. The zero-order valence-corrected chi connectivity index (χ0v) is 12.4. The molecule has 0 fully saturated rings. The summed E-state index contributed by atoms with van der Waals surface area (Å²) in [5, 5.41) is 5.24. The highest BCUT2D eigenvalue weighted by atomic mass is 35.5. The highest BCUT2D eigenvalue weighted by molar-refractivity contribution is 6.31. The molecule has 104 valence electrons. The predicted octanol–water partition coefficient (Wildman–Crippen LogP) is 3.26. The normalized spacial score (nSPS) is 12.9. The number of rotatable bonds is 5. The first-order valence-electron chi connectivity index (χ1n) is 6.62. The molecule has 2 N–H and O–H groups in total. The minimum atomic E-state index is -0.195. The monoisotopic (exact) mass is 281 g/mol. The van der Waals surface area contributed by atoms with Crippen molar-refractivity contribution in [3.8, 4) is 0 Å². The zero-order valence-electron chi connectivity index (χ0n) is 11.6. The summed E-state index contributed by atoms with van der Waals surface area (Å²) < 4.78 is 7.38. The smallest absolute Gasteiger partial charge is 0.123 e. The molecule has 0 aliphatic heterocycles. The third-order valence-corrected chi connectivity index (χ3v) is 3.78. The van der Waals surface area contributed by atoms with Gasteiger partial charge in [0.1, 0.15) is 5.76 Å². The average molecular weight is 282 g/mol. The van der Waals surface area contributed by atoms with Crippen LogP contribution >= 0.6 is 11.6 Å². The number of halogens is 1. The lowest BCUT2D eigenvalue weighted by molar-refractivity contribution is 0.453. The van der Waals surface area contributed by atoms with Crippen molar-refractivity contribution >= 4 is 11.6 Å². The van der Waals surface area contributed by atoms with Gasteiger partial charge in [-0.05, 0) is 31.9 Å². The Bertz CT molecular complexity index is 559. The molecule has 2 aromatic heterocycles. The number of hydrogen-bond donors (Lipinski definition) is 1. The second-order valence-corrected chi connectivity index (χ2v) is 5.03. The molecule has 2 aromatic rings. The summed E-state index contributed by atoms with van der Waals surface area (Å²) in [5.41, 5.74) is 9.22. The van der Waals surface area contributed by atoms with E-state index >= 15 is 0 Å². The third-order valence-electron chi connectivity index (χ3n) is 3.35. The fraction of sp³-hybridized carbons (Fsp3) is 0.500. The fourth-order valence-corrected chi connectivity index (χ4v) is 2.62. The minimum absolute atomic E-state index is 0.195. The van der Waals surface area contributed by atoms with Crippen molar-refractivity contribution in [2.24, 2.45) is 5.73 Å². The molecule has 0 aliphatic carbocycles. The molecule has 0 spiro atoms. The number of aryl methyl sites for hydroxylation is 3. The first-order valence-corrected chi connectivity index (χ1v) is 6.99. The van der Waals surface area contributed by atoms with E-state index in [0.29, 0.717) is 6.42 Å². The summed E-state index contributed by atoms with van der Waals surface area (Å²) >= 11 is 6.38. The van der Waals surface area contributed by atoms with Crippen molar-refractivity contribution in [3.05, 3.63) is 40.1 Å². The van der Waals surface area contributed by atoms with Crippen LogP contribution in [0.25, 0.3) is 0 Å². The Kier molecular flexibility index (Phi) is 4.32. The lowest BCUT2D eigenvalue weighted by Crippen LogP contribution is -2.16. The molecule has 4 nitrogen and oxygen atoms in total. The second kappa shape index (κ2) is 5.80. The molecular formula is C14H20ClN3O. The van der Waals surface area contributed by atoms with Crippen LogP contribution in [0.3, 0.4) is 0 Å². The summed E-state index contributed by atoms with van der Waals surface area (Å²) in [6, 6.07) is 1.73. The molecule has 1 unspecified atom stereocenters. The van der Waals surface area contributed by atoms with E-state index in [-0.39, 0.29) is 6.04 Å². The first-order chi connectivity index (χ1) is 9.08. The van der Waals surface area contributed by atoms with E-state index in [1.54, 1.807) is 6.26 Å².